The fraction of sp³-hybridized carbons (Fsp3) is 0.600. The minimum absolute atomic E-state index is 0.194. The first-order valence-corrected chi connectivity index (χ1v) is 2.18. The van der Waals surface area contributed by atoms with Crippen LogP contribution in [-0.2, 0) is 0 Å². The molecule has 0 saturated heterocycles. The summed E-state index contributed by atoms with van der Waals surface area (Å²) in [4.78, 5) is 0. The summed E-state index contributed by atoms with van der Waals surface area (Å²) in [6, 6.07) is 0. The fourth-order valence-corrected chi connectivity index (χ4v) is 0.108. The van der Waals surface area contributed by atoms with E-state index in [4.69, 9.17) is 10.2 Å². The summed E-state index contributed by atoms with van der Waals surface area (Å²) < 4.78 is 0. The molecule has 0 aliphatic heterocycles. The second-order valence-corrected chi connectivity index (χ2v) is 1.58. The van der Waals surface area contributed by atoms with Crippen molar-refractivity contribution < 1.29 is 10.2 Å². The summed E-state index contributed by atoms with van der Waals surface area (Å²) in [6.45, 7) is 4.21. The molecule has 2 nitrogen and oxygen atoms in total. The Balaban J connectivity index is 3.14. The Hall–Kier alpha value is -0.0800. The number of hydrogen-bond donors (Lipinski definition) is 2. The molecule has 42 valence electrons. The maximum atomic E-state index is 8.55. The molecule has 0 amide bonds. The van der Waals surface area contributed by atoms with Gasteiger partial charge in [0.15, 0.2) is 0 Å². The molecule has 0 bridgehead atoms. The second-order valence-electron chi connectivity index (χ2n) is 1.58. The van der Waals surface area contributed by atoms with E-state index in [2.05, 4.69) is 0 Å². The number of aliphatic hydroxyl groups is 2. The van der Waals surface area contributed by atoms with Crippen molar-refractivity contribution in [3.05, 3.63) is 12.7 Å². The lowest BCUT2D eigenvalue weighted by molar-refractivity contribution is 0.217. The van der Waals surface area contributed by atoms with Gasteiger partial charge in [0.25, 0.3) is 0 Å². The molecule has 7 heavy (non-hydrogen) atoms. The molecule has 2 heteroatoms. The average Bonchev–Trinajstić information content (AvgIpc) is 1.65. The van der Waals surface area contributed by atoms with Crippen LogP contribution in [0.5, 0.6) is 0 Å². The maximum absolute atomic E-state index is 8.55. The third kappa shape index (κ3) is 2.60. The molecule has 0 aromatic carbocycles. The van der Waals surface area contributed by atoms with Gasteiger partial charge in [-0.1, -0.05) is 6.92 Å². The Kier molecular flexibility index (Phi) is 2.96. The van der Waals surface area contributed by atoms with Crippen LogP contribution in [-0.4, -0.2) is 10.2 Å². The van der Waals surface area contributed by atoms with Crippen LogP contribution >= 0.6 is 0 Å². The molecule has 0 fully saturated rings. The number of aliphatic hydroxyl groups excluding tert-OH is 2. The van der Waals surface area contributed by atoms with E-state index < -0.39 is 0 Å². The average molecular weight is 102 g/mol. The van der Waals surface area contributed by atoms with Crippen molar-refractivity contribution in [2.45, 2.75) is 13.8 Å². The second kappa shape index (κ2) is 2.99. The highest BCUT2D eigenvalue weighted by Gasteiger charge is 2.06. The van der Waals surface area contributed by atoms with Crippen molar-refractivity contribution in [2.75, 3.05) is 0 Å². The molecule has 0 rings (SSSR count). The Morgan fingerprint density at radius 1 is 1.71 bits per heavy atom. The zero-order valence-corrected chi connectivity index (χ0v) is 4.55. The van der Waals surface area contributed by atoms with Gasteiger partial charge in [-0.3, -0.25) is 0 Å². The molecule has 2 radical (unpaired) electrons. The summed E-state index contributed by atoms with van der Waals surface area (Å²) in [6.07, 6.45) is 0.238. The minimum Gasteiger partial charge on any atom is -0.390 e. The lowest BCUT2D eigenvalue weighted by atomic mass is 10.1. The van der Waals surface area contributed by atoms with Crippen molar-refractivity contribution in [3.8, 4) is 0 Å². The lowest BCUT2D eigenvalue weighted by Crippen LogP contribution is -2.03. The smallest absolute Gasteiger partial charge is 0.0957 e. The first kappa shape index (κ1) is 6.92. The molecule has 0 heterocycles. The predicted molar refractivity (Wildman–Crippen MR) is 26.3 cm³/mol. The van der Waals surface area contributed by atoms with E-state index in [0.29, 0.717) is 0 Å². The van der Waals surface area contributed by atoms with Crippen molar-refractivity contribution in [2.24, 2.45) is 5.92 Å². The van der Waals surface area contributed by atoms with E-state index in [1.54, 1.807) is 13.8 Å². The van der Waals surface area contributed by atoms with E-state index in [-0.39, 0.29) is 12.0 Å². The fourth-order valence-electron chi connectivity index (χ4n) is 0.108. The quantitative estimate of drug-likeness (QED) is 0.547. The van der Waals surface area contributed by atoms with E-state index in [0.717, 1.165) is 6.61 Å². The first-order valence-electron chi connectivity index (χ1n) is 2.18. The molecule has 1 atom stereocenters. The normalized spacial score (nSPS) is 15.0. The largest absolute Gasteiger partial charge is 0.390 e. The van der Waals surface area contributed by atoms with Crippen LogP contribution in [0.4, 0.5) is 0 Å². The molecular weight excluding hydrogens is 92.1 g/mol. The molecule has 0 aromatic heterocycles. The van der Waals surface area contributed by atoms with E-state index >= 15 is 0 Å². The standard InChI is InChI=1S/C5H10O2/c1-4(3-6)5(2)7/h3-4,6-7H,1-2H3. The third-order valence-electron chi connectivity index (χ3n) is 0.883. The summed E-state index contributed by atoms with van der Waals surface area (Å²) >= 11 is 0. The molecule has 0 spiro atoms. The van der Waals surface area contributed by atoms with Crippen LogP contribution in [0.15, 0.2) is 0 Å². The summed E-state index contributed by atoms with van der Waals surface area (Å²) in [7, 11) is 0. The highest BCUT2D eigenvalue weighted by Crippen LogP contribution is 2.09. The molecule has 0 aromatic rings. The van der Waals surface area contributed by atoms with Crippen molar-refractivity contribution in [3.63, 3.8) is 0 Å². The van der Waals surface area contributed by atoms with E-state index in [1.165, 1.54) is 0 Å². The molecule has 1 unspecified atom stereocenters. The maximum Gasteiger partial charge on any atom is 0.0957 e. The van der Waals surface area contributed by atoms with Crippen LogP contribution < -0.4 is 0 Å². The molecule has 0 saturated carbocycles. The molecule has 0 aliphatic rings. The molecule has 0 aliphatic carbocycles. The third-order valence-corrected chi connectivity index (χ3v) is 0.883. The Morgan fingerprint density at radius 2 is 2.14 bits per heavy atom. The number of hydrogen-bond acceptors (Lipinski definition) is 2. The van der Waals surface area contributed by atoms with E-state index in [9.17, 15) is 0 Å². The SMILES string of the molecule is C[C](O)C(C)[CH]O. The zero-order valence-electron chi connectivity index (χ0n) is 4.55. The predicted octanol–water partition coefficient (Wildman–Crippen LogP) is 1.08. The van der Waals surface area contributed by atoms with Gasteiger partial charge in [0.1, 0.15) is 0 Å². The highest BCUT2D eigenvalue weighted by molar-refractivity contribution is 4.80. The lowest BCUT2D eigenvalue weighted by Gasteiger charge is -2.06. The Labute approximate surface area is 43.8 Å². The van der Waals surface area contributed by atoms with Gasteiger partial charge in [0, 0.05) is 5.92 Å². The van der Waals surface area contributed by atoms with Gasteiger partial charge in [-0.25, -0.2) is 0 Å². The van der Waals surface area contributed by atoms with Gasteiger partial charge in [-0.05, 0) is 6.92 Å². The van der Waals surface area contributed by atoms with Crippen molar-refractivity contribution >= 4 is 0 Å². The minimum atomic E-state index is -0.194. The van der Waals surface area contributed by atoms with Gasteiger partial charge in [0.2, 0.25) is 0 Å². The van der Waals surface area contributed by atoms with Crippen LogP contribution in [0.25, 0.3) is 0 Å². The summed E-state index contributed by atoms with van der Waals surface area (Å²) in [5.74, 6) is -0.194. The monoisotopic (exact) mass is 102 g/mol. The van der Waals surface area contributed by atoms with Gasteiger partial charge >= 0.3 is 0 Å². The molecule has 2 N–H and O–H groups in total. The van der Waals surface area contributed by atoms with Crippen LogP contribution in [0.3, 0.4) is 0 Å². The first-order chi connectivity index (χ1) is 3.18. The summed E-state index contributed by atoms with van der Waals surface area (Å²) in [5, 5.41) is 16.7. The van der Waals surface area contributed by atoms with Crippen LogP contribution in [0.1, 0.15) is 13.8 Å². The van der Waals surface area contributed by atoms with Crippen molar-refractivity contribution in [1.82, 2.24) is 0 Å². The Bertz CT molecular complexity index is 43.3. The highest BCUT2D eigenvalue weighted by atomic mass is 16.3. The Morgan fingerprint density at radius 3 is 2.14 bits per heavy atom. The zero-order chi connectivity index (χ0) is 5.86. The van der Waals surface area contributed by atoms with Crippen LogP contribution in [0.2, 0.25) is 0 Å². The van der Waals surface area contributed by atoms with E-state index in [1.807, 2.05) is 0 Å². The van der Waals surface area contributed by atoms with Gasteiger partial charge in [0.05, 0.1) is 12.7 Å². The topological polar surface area (TPSA) is 40.5 Å². The van der Waals surface area contributed by atoms with Crippen LogP contribution in [0, 0.1) is 18.6 Å². The van der Waals surface area contributed by atoms with Gasteiger partial charge in [-0.2, -0.15) is 0 Å². The summed E-state index contributed by atoms with van der Waals surface area (Å²) in [5.41, 5.74) is 0. The van der Waals surface area contributed by atoms with Gasteiger partial charge < -0.3 is 10.2 Å². The molecular formula is C5H10O2. The van der Waals surface area contributed by atoms with Crippen molar-refractivity contribution in [1.29, 1.82) is 0 Å². The number of rotatable bonds is 2. The van der Waals surface area contributed by atoms with Gasteiger partial charge in [-0.15, -0.1) is 0 Å².